The summed E-state index contributed by atoms with van der Waals surface area (Å²) in [4.78, 5) is 25.4. The first-order valence-corrected chi connectivity index (χ1v) is 7.27. The lowest BCUT2D eigenvalue weighted by Gasteiger charge is -2.07. The van der Waals surface area contributed by atoms with Gasteiger partial charge in [0.25, 0.3) is 5.56 Å². The minimum Gasteiger partial charge on any atom is -0.308 e. The van der Waals surface area contributed by atoms with Gasteiger partial charge in [-0.05, 0) is 27.4 Å². The number of fused-ring (bicyclic) bond motifs is 1. The third-order valence-electron chi connectivity index (χ3n) is 2.68. The molecule has 0 aliphatic carbocycles. The van der Waals surface area contributed by atoms with E-state index in [2.05, 4.69) is 36.3 Å². The molecule has 3 heterocycles. The van der Waals surface area contributed by atoms with Crippen molar-refractivity contribution < 1.29 is 0 Å². The zero-order valence-corrected chi connectivity index (χ0v) is 12.5. The highest BCUT2D eigenvalue weighted by atomic mass is 79.9. The molecule has 0 atom stereocenters. The van der Waals surface area contributed by atoms with E-state index in [-0.39, 0.29) is 12.1 Å². The molecule has 3 N–H and O–H groups in total. The van der Waals surface area contributed by atoms with Crippen molar-refractivity contribution in [2.75, 3.05) is 5.43 Å². The summed E-state index contributed by atoms with van der Waals surface area (Å²) in [7, 11) is 0. The van der Waals surface area contributed by atoms with Crippen LogP contribution in [0.2, 0.25) is 0 Å². The highest BCUT2D eigenvalue weighted by Crippen LogP contribution is 2.24. The van der Waals surface area contributed by atoms with Gasteiger partial charge in [-0.1, -0.05) is 0 Å². The van der Waals surface area contributed by atoms with Crippen molar-refractivity contribution in [2.45, 2.75) is 6.54 Å². The molecule has 0 unspecified atom stereocenters. The number of hydrogen-bond donors (Lipinski definition) is 2. The molecule has 0 radical (unpaired) electrons. The summed E-state index contributed by atoms with van der Waals surface area (Å²) in [5.41, 5.74) is 2.37. The van der Waals surface area contributed by atoms with Gasteiger partial charge in [-0.3, -0.25) is 9.36 Å². The zero-order chi connectivity index (χ0) is 14.1. The molecule has 0 saturated carbocycles. The SMILES string of the molecule is NNc1nc(Cn2cncc(Br)c2=O)nc2sccc12. The summed E-state index contributed by atoms with van der Waals surface area (Å²) in [6, 6.07) is 1.89. The quantitative estimate of drug-likeness (QED) is 0.545. The van der Waals surface area contributed by atoms with E-state index in [1.165, 1.54) is 28.4 Å². The molecule has 20 heavy (non-hydrogen) atoms. The van der Waals surface area contributed by atoms with Gasteiger partial charge >= 0.3 is 0 Å². The number of nitrogen functional groups attached to an aromatic ring is 1. The van der Waals surface area contributed by atoms with Gasteiger partial charge in [0.05, 0.1) is 18.3 Å². The van der Waals surface area contributed by atoms with Gasteiger partial charge < -0.3 is 5.43 Å². The second-order valence-electron chi connectivity index (χ2n) is 3.95. The number of hydrogen-bond acceptors (Lipinski definition) is 7. The smallest absolute Gasteiger partial charge is 0.268 e. The van der Waals surface area contributed by atoms with Crippen LogP contribution in [0.1, 0.15) is 5.82 Å². The van der Waals surface area contributed by atoms with Gasteiger partial charge in [-0.15, -0.1) is 11.3 Å². The fraction of sp³-hybridized carbons (Fsp3) is 0.0909. The van der Waals surface area contributed by atoms with E-state index in [9.17, 15) is 4.79 Å². The summed E-state index contributed by atoms with van der Waals surface area (Å²) >= 11 is 4.64. The van der Waals surface area contributed by atoms with Crippen molar-refractivity contribution in [3.63, 3.8) is 0 Å². The number of thiophene rings is 1. The Balaban J connectivity index is 2.06. The lowest BCUT2D eigenvalue weighted by Crippen LogP contribution is -2.22. The maximum Gasteiger partial charge on any atom is 0.268 e. The summed E-state index contributed by atoms with van der Waals surface area (Å²) in [6.07, 6.45) is 2.90. The van der Waals surface area contributed by atoms with Crippen LogP contribution in [0.3, 0.4) is 0 Å². The average molecular weight is 353 g/mol. The highest BCUT2D eigenvalue weighted by Gasteiger charge is 2.10. The number of aromatic nitrogens is 4. The molecule has 102 valence electrons. The van der Waals surface area contributed by atoms with Crippen LogP contribution in [0.5, 0.6) is 0 Å². The molecule has 3 aromatic heterocycles. The van der Waals surface area contributed by atoms with E-state index in [1.807, 2.05) is 11.4 Å². The number of nitrogens with zero attached hydrogens (tertiary/aromatic N) is 4. The van der Waals surface area contributed by atoms with E-state index in [0.717, 1.165) is 10.2 Å². The van der Waals surface area contributed by atoms with E-state index < -0.39 is 0 Å². The van der Waals surface area contributed by atoms with Crippen molar-refractivity contribution in [3.8, 4) is 0 Å². The molecule has 0 spiro atoms. The predicted molar refractivity (Wildman–Crippen MR) is 80.5 cm³/mol. The maximum absolute atomic E-state index is 11.9. The molecular formula is C11H9BrN6OS. The largest absolute Gasteiger partial charge is 0.308 e. The molecular weight excluding hydrogens is 344 g/mol. The van der Waals surface area contributed by atoms with Crippen molar-refractivity contribution in [3.05, 3.63) is 44.6 Å². The second-order valence-corrected chi connectivity index (χ2v) is 5.70. The van der Waals surface area contributed by atoms with Crippen molar-refractivity contribution >= 4 is 43.3 Å². The number of nitrogens with one attached hydrogen (secondary N) is 1. The first-order chi connectivity index (χ1) is 9.69. The van der Waals surface area contributed by atoms with Crippen LogP contribution in [-0.4, -0.2) is 19.5 Å². The van der Waals surface area contributed by atoms with Crippen molar-refractivity contribution in [2.24, 2.45) is 5.84 Å². The molecule has 3 rings (SSSR count). The molecule has 0 amide bonds. The lowest BCUT2D eigenvalue weighted by molar-refractivity contribution is 0.697. The number of anilines is 1. The normalized spacial score (nSPS) is 10.9. The van der Waals surface area contributed by atoms with Gasteiger partial charge in [0.1, 0.15) is 9.30 Å². The third-order valence-corrected chi connectivity index (χ3v) is 4.03. The Hall–Kier alpha value is -1.84. The Morgan fingerprint density at radius 2 is 2.30 bits per heavy atom. The van der Waals surface area contributed by atoms with E-state index >= 15 is 0 Å². The van der Waals surface area contributed by atoms with Crippen molar-refractivity contribution in [1.82, 2.24) is 19.5 Å². The Kier molecular flexibility index (Phi) is 3.47. The Bertz CT molecular complexity index is 829. The molecule has 9 heteroatoms. The summed E-state index contributed by atoms with van der Waals surface area (Å²) < 4.78 is 1.83. The van der Waals surface area contributed by atoms with Gasteiger partial charge in [-0.25, -0.2) is 20.8 Å². The van der Waals surface area contributed by atoms with Gasteiger partial charge in [0, 0.05) is 6.20 Å². The molecule has 0 aliphatic rings. The Labute approximate surface area is 125 Å². The second kappa shape index (κ2) is 5.27. The molecule has 0 aromatic carbocycles. The van der Waals surface area contributed by atoms with Gasteiger partial charge in [0.2, 0.25) is 0 Å². The predicted octanol–water partition coefficient (Wildman–Crippen LogP) is 1.34. The number of nitrogens with two attached hydrogens (primary N) is 1. The molecule has 3 aromatic rings. The van der Waals surface area contributed by atoms with Crippen LogP contribution in [0, 0.1) is 0 Å². The fourth-order valence-electron chi connectivity index (χ4n) is 1.77. The number of halogens is 1. The molecule has 0 bridgehead atoms. The third kappa shape index (κ3) is 2.30. The standard InChI is InChI=1S/C11H9BrN6OS/c12-7-3-14-5-18(11(7)19)4-8-15-9(17-13)6-1-2-20-10(6)16-8/h1-3,5H,4,13H2,(H,15,16,17). The molecule has 0 fully saturated rings. The maximum atomic E-state index is 11.9. The summed E-state index contributed by atoms with van der Waals surface area (Å²) in [5.74, 6) is 6.51. The van der Waals surface area contributed by atoms with Crippen LogP contribution in [0.15, 0.2) is 33.2 Å². The average Bonchev–Trinajstić information content (AvgIpc) is 2.91. The van der Waals surface area contributed by atoms with E-state index in [0.29, 0.717) is 16.1 Å². The Morgan fingerprint density at radius 3 is 3.10 bits per heavy atom. The highest BCUT2D eigenvalue weighted by molar-refractivity contribution is 9.10. The minimum atomic E-state index is -0.183. The van der Waals surface area contributed by atoms with Gasteiger partial charge in [0.15, 0.2) is 11.6 Å². The fourth-order valence-corrected chi connectivity index (χ4v) is 2.90. The molecule has 0 aliphatic heterocycles. The monoisotopic (exact) mass is 352 g/mol. The summed E-state index contributed by atoms with van der Waals surface area (Å²) in [6.45, 7) is 0.230. The molecule has 0 saturated heterocycles. The van der Waals surface area contributed by atoms with Crippen LogP contribution in [0.25, 0.3) is 10.2 Å². The van der Waals surface area contributed by atoms with Crippen LogP contribution in [0.4, 0.5) is 5.82 Å². The van der Waals surface area contributed by atoms with E-state index in [4.69, 9.17) is 5.84 Å². The lowest BCUT2D eigenvalue weighted by atomic mass is 10.4. The summed E-state index contributed by atoms with van der Waals surface area (Å²) in [5, 5.41) is 2.78. The van der Waals surface area contributed by atoms with E-state index in [1.54, 1.807) is 0 Å². The van der Waals surface area contributed by atoms with Crippen LogP contribution in [-0.2, 0) is 6.54 Å². The minimum absolute atomic E-state index is 0.183. The first-order valence-electron chi connectivity index (χ1n) is 5.59. The number of rotatable bonds is 3. The topological polar surface area (TPSA) is 98.7 Å². The molecule has 7 nitrogen and oxygen atoms in total. The van der Waals surface area contributed by atoms with Crippen LogP contribution < -0.4 is 16.8 Å². The van der Waals surface area contributed by atoms with Crippen molar-refractivity contribution in [1.29, 1.82) is 0 Å². The van der Waals surface area contributed by atoms with Crippen LogP contribution >= 0.6 is 27.3 Å². The first kappa shape index (κ1) is 13.2. The number of hydrazine groups is 1. The van der Waals surface area contributed by atoms with Gasteiger partial charge in [-0.2, -0.15) is 0 Å². The Morgan fingerprint density at radius 1 is 1.45 bits per heavy atom. The zero-order valence-electron chi connectivity index (χ0n) is 10.1.